The van der Waals surface area contributed by atoms with Crippen LogP contribution in [0.15, 0.2) is 24.3 Å². The minimum absolute atomic E-state index is 0.0614. The highest BCUT2D eigenvalue weighted by atomic mass is 16.6. The van der Waals surface area contributed by atoms with E-state index in [-0.39, 0.29) is 18.0 Å². The Morgan fingerprint density at radius 1 is 1.56 bits per heavy atom. The Balaban J connectivity index is 2.98. The first-order chi connectivity index (χ1) is 7.69. The van der Waals surface area contributed by atoms with E-state index in [1.807, 2.05) is 0 Å². The number of nitrogens with zero attached hydrogens (tertiary/aromatic N) is 1. The molecule has 0 aliphatic carbocycles. The number of methoxy groups -OCH3 is 1. The molecule has 5 nitrogen and oxygen atoms in total. The van der Waals surface area contributed by atoms with Crippen LogP contribution in [0, 0.1) is 10.1 Å². The predicted molar refractivity (Wildman–Crippen MR) is 60.4 cm³/mol. The number of benzene rings is 1. The zero-order valence-electron chi connectivity index (χ0n) is 8.92. The maximum absolute atomic E-state index is 10.7. The number of nitro groups is 1. The Morgan fingerprint density at radius 2 is 2.31 bits per heavy atom. The first-order valence-corrected chi connectivity index (χ1v) is 4.79. The molecule has 0 aliphatic rings. The quantitative estimate of drug-likeness (QED) is 0.612. The summed E-state index contributed by atoms with van der Waals surface area (Å²) in [6.07, 6.45) is 4.01. The molecule has 0 aromatic heterocycles. The summed E-state index contributed by atoms with van der Waals surface area (Å²) in [6, 6.07) is 4.71. The van der Waals surface area contributed by atoms with Gasteiger partial charge in [0.25, 0.3) is 0 Å². The molecule has 0 amide bonds. The van der Waals surface area contributed by atoms with Gasteiger partial charge in [-0.05, 0) is 18.1 Å². The van der Waals surface area contributed by atoms with Crippen LogP contribution in [0.4, 0.5) is 5.69 Å². The lowest BCUT2D eigenvalue weighted by molar-refractivity contribution is -0.385. The predicted octanol–water partition coefficient (Wildman–Crippen LogP) is 2.00. The smallest absolute Gasteiger partial charge is 0.311 e. The standard InChI is InChI=1S/C11H13NO4/c1-16-11-6-5-9(4-2-3-7-13)8-10(11)12(14)15/h2,4-6,8,13H,3,7H2,1H3. The number of nitro benzene ring substituents is 1. The molecule has 0 unspecified atom stereocenters. The lowest BCUT2D eigenvalue weighted by atomic mass is 10.1. The van der Waals surface area contributed by atoms with Crippen molar-refractivity contribution in [1.29, 1.82) is 0 Å². The molecule has 1 aromatic rings. The number of rotatable bonds is 5. The fourth-order valence-electron chi connectivity index (χ4n) is 1.25. The second-order valence-corrected chi connectivity index (χ2v) is 3.10. The SMILES string of the molecule is COc1ccc(C=CCCO)cc1[N+](=O)[O-]. The monoisotopic (exact) mass is 223 g/mol. The average molecular weight is 223 g/mol. The summed E-state index contributed by atoms with van der Waals surface area (Å²) < 4.78 is 4.88. The van der Waals surface area contributed by atoms with Gasteiger partial charge in [0, 0.05) is 12.7 Å². The highest BCUT2D eigenvalue weighted by Crippen LogP contribution is 2.27. The zero-order valence-corrected chi connectivity index (χ0v) is 8.92. The molecule has 0 heterocycles. The van der Waals surface area contributed by atoms with Crippen LogP contribution in [0.25, 0.3) is 6.08 Å². The Bertz CT molecular complexity index is 401. The fraction of sp³-hybridized carbons (Fsp3) is 0.273. The lowest BCUT2D eigenvalue weighted by Gasteiger charge is -2.01. The Morgan fingerprint density at radius 3 is 2.88 bits per heavy atom. The molecule has 5 heteroatoms. The summed E-state index contributed by atoms with van der Waals surface area (Å²) in [4.78, 5) is 10.2. The number of hydrogen-bond acceptors (Lipinski definition) is 4. The van der Waals surface area contributed by atoms with Gasteiger partial charge in [0.15, 0.2) is 5.75 Å². The zero-order chi connectivity index (χ0) is 12.0. The van der Waals surface area contributed by atoms with Crippen LogP contribution in [-0.4, -0.2) is 23.7 Å². The molecule has 1 N–H and O–H groups in total. The molecule has 0 radical (unpaired) electrons. The maximum Gasteiger partial charge on any atom is 0.311 e. The highest BCUT2D eigenvalue weighted by Gasteiger charge is 2.13. The third-order valence-corrected chi connectivity index (χ3v) is 2.01. The fourth-order valence-corrected chi connectivity index (χ4v) is 1.25. The molecule has 1 aromatic carbocycles. The molecule has 0 saturated carbocycles. The van der Waals surface area contributed by atoms with Crippen molar-refractivity contribution in [3.8, 4) is 5.75 Å². The molecule has 16 heavy (non-hydrogen) atoms. The second-order valence-electron chi connectivity index (χ2n) is 3.10. The van der Waals surface area contributed by atoms with Gasteiger partial charge in [-0.15, -0.1) is 0 Å². The molecule has 0 fully saturated rings. The summed E-state index contributed by atoms with van der Waals surface area (Å²) in [5.41, 5.74) is 0.648. The molecular weight excluding hydrogens is 210 g/mol. The largest absolute Gasteiger partial charge is 0.490 e. The van der Waals surface area contributed by atoms with Crippen molar-refractivity contribution in [2.24, 2.45) is 0 Å². The number of ether oxygens (including phenoxy) is 1. The van der Waals surface area contributed by atoms with Gasteiger partial charge in [0.1, 0.15) is 0 Å². The van der Waals surface area contributed by atoms with Crippen LogP contribution in [0.3, 0.4) is 0 Å². The molecule has 0 saturated heterocycles. The van der Waals surface area contributed by atoms with Crippen molar-refractivity contribution in [1.82, 2.24) is 0 Å². The van der Waals surface area contributed by atoms with E-state index in [9.17, 15) is 10.1 Å². The van der Waals surface area contributed by atoms with Crippen LogP contribution in [0.5, 0.6) is 5.75 Å². The van der Waals surface area contributed by atoms with E-state index in [2.05, 4.69) is 0 Å². The number of hydrogen-bond donors (Lipinski definition) is 1. The van der Waals surface area contributed by atoms with E-state index in [0.29, 0.717) is 12.0 Å². The minimum atomic E-state index is -0.484. The minimum Gasteiger partial charge on any atom is -0.490 e. The summed E-state index contributed by atoms with van der Waals surface area (Å²) in [7, 11) is 1.39. The summed E-state index contributed by atoms with van der Waals surface area (Å²) in [5.74, 6) is 0.240. The molecular formula is C11H13NO4. The molecule has 0 atom stereocenters. The topological polar surface area (TPSA) is 72.6 Å². The summed E-state index contributed by atoms with van der Waals surface area (Å²) in [5, 5.41) is 19.3. The van der Waals surface area contributed by atoms with Crippen LogP contribution in [0.1, 0.15) is 12.0 Å². The van der Waals surface area contributed by atoms with Crippen LogP contribution >= 0.6 is 0 Å². The normalized spacial score (nSPS) is 10.6. The van der Waals surface area contributed by atoms with Crippen molar-refractivity contribution in [2.75, 3.05) is 13.7 Å². The summed E-state index contributed by atoms with van der Waals surface area (Å²) >= 11 is 0. The van der Waals surface area contributed by atoms with Crippen LogP contribution < -0.4 is 4.74 Å². The Hall–Kier alpha value is -1.88. The summed E-state index contributed by atoms with van der Waals surface area (Å²) in [6.45, 7) is 0.0642. The third-order valence-electron chi connectivity index (χ3n) is 2.01. The molecule has 0 spiro atoms. The molecule has 1 rings (SSSR count). The van der Waals surface area contributed by atoms with Crippen molar-refractivity contribution in [2.45, 2.75) is 6.42 Å². The van der Waals surface area contributed by atoms with Crippen molar-refractivity contribution < 1.29 is 14.8 Å². The first kappa shape index (κ1) is 12.2. The average Bonchev–Trinajstić information content (AvgIpc) is 2.29. The number of aliphatic hydroxyl groups excluding tert-OH is 1. The van der Waals surface area contributed by atoms with E-state index in [0.717, 1.165) is 0 Å². The van der Waals surface area contributed by atoms with E-state index in [1.54, 1.807) is 24.3 Å². The van der Waals surface area contributed by atoms with E-state index in [1.165, 1.54) is 13.2 Å². The molecule has 0 aliphatic heterocycles. The van der Waals surface area contributed by atoms with Gasteiger partial charge >= 0.3 is 5.69 Å². The van der Waals surface area contributed by atoms with Crippen molar-refractivity contribution in [3.05, 3.63) is 40.0 Å². The lowest BCUT2D eigenvalue weighted by Crippen LogP contribution is -1.93. The molecule has 86 valence electrons. The first-order valence-electron chi connectivity index (χ1n) is 4.79. The van der Waals surface area contributed by atoms with Gasteiger partial charge in [0.2, 0.25) is 0 Å². The second kappa shape index (κ2) is 5.87. The van der Waals surface area contributed by atoms with Gasteiger partial charge in [-0.3, -0.25) is 10.1 Å². The van der Waals surface area contributed by atoms with E-state index in [4.69, 9.17) is 9.84 Å². The van der Waals surface area contributed by atoms with Crippen LogP contribution in [0.2, 0.25) is 0 Å². The van der Waals surface area contributed by atoms with Gasteiger partial charge in [-0.1, -0.05) is 18.2 Å². The Kier molecular flexibility index (Phi) is 4.47. The Labute approximate surface area is 93.1 Å². The van der Waals surface area contributed by atoms with Gasteiger partial charge in [-0.25, -0.2) is 0 Å². The van der Waals surface area contributed by atoms with Crippen LogP contribution in [-0.2, 0) is 0 Å². The molecule has 0 bridgehead atoms. The van der Waals surface area contributed by atoms with Gasteiger partial charge < -0.3 is 9.84 Å². The third kappa shape index (κ3) is 3.06. The van der Waals surface area contributed by atoms with Gasteiger partial charge in [-0.2, -0.15) is 0 Å². The van der Waals surface area contributed by atoms with E-state index >= 15 is 0 Å². The number of aliphatic hydroxyl groups is 1. The van der Waals surface area contributed by atoms with Crippen molar-refractivity contribution in [3.63, 3.8) is 0 Å². The maximum atomic E-state index is 10.7. The van der Waals surface area contributed by atoms with Gasteiger partial charge in [0.05, 0.1) is 12.0 Å². The van der Waals surface area contributed by atoms with Crippen molar-refractivity contribution >= 4 is 11.8 Å². The highest BCUT2D eigenvalue weighted by molar-refractivity contribution is 5.58. The van der Waals surface area contributed by atoms with E-state index < -0.39 is 4.92 Å².